The number of carbonyl (C=O) groups excluding carboxylic acids is 1. The molecule has 7 heteroatoms. The lowest BCUT2D eigenvalue weighted by Crippen LogP contribution is -2.43. The van der Waals surface area contributed by atoms with Crippen molar-refractivity contribution in [3.63, 3.8) is 0 Å². The Morgan fingerprint density at radius 1 is 1.15 bits per heavy atom. The van der Waals surface area contributed by atoms with Crippen molar-refractivity contribution < 1.29 is 28.9 Å². The lowest BCUT2D eigenvalue weighted by molar-refractivity contribution is -0.148. The number of rotatable bonds is 7. The van der Waals surface area contributed by atoms with E-state index < -0.39 is 18.6 Å². The van der Waals surface area contributed by atoms with Crippen LogP contribution in [0.4, 0.5) is 0 Å². The molecule has 0 saturated carbocycles. The minimum absolute atomic E-state index is 0.106. The summed E-state index contributed by atoms with van der Waals surface area (Å²) in [5, 5.41) is 9.24. The van der Waals surface area contributed by atoms with Crippen molar-refractivity contribution in [1.29, 1.82) is 0 Å². The molecule has 0 fully saturated rings. The van der Waals surface area contributed by atoms with E-state index >= 15 is 0 Å². The Bertz CT molecular complexity index is 803. The van der Waals surface area contributed by atoms with Gasteiger partial charge in [0.05, 0.1) is 14.2 Å². The van der Waals surface area contributed by atoms with Gasteiger partial charge in [0, 0.05) is 19.0 Å². The molecule has 0 saturated heterocycles. The van der Waals surface area contributed by atoms with Gasteiger partial charge in [0.25, 0.3) is 5.91 Å². The highest BCUT2D eigenvalue weighted by Crippen LogP contribution is 2.29. The molecule has 1 aliphatic rings. The monoisotopic (exact) mass is 371 g/mol. The number of methoxy groups -OCH3 is 2. The van der Waals surface area contributed by atoms with Gasteiger partial charge in [-0.2, -0.15) is 0 Å². The Hall–Kier alpha value is -3.22. The van der Waals surface area contributed by atoms with Crippen molar-refractivity contribution in [1.82, 2.24) is 4.90 Å². The first kappa shape index (κ1) is 18.6. The number of benzene rings is 2. The van der Waals surface area contributed by atoms with Gasteiger partial charge in [-0.3, -0.25) is 9.59 Å². The van der Waals surface area contributed by atoms with Crippen molar-refractivity contribution >= 4 is 11.9 Å². The number of carbonyl (C=O) groups is 2. The Balaban J connectivity index is 1.80. The van der Waals surface area contributed by atoms with Crippen molar-refractivity contribution in [3.05, 3.63) is 53.6 Å². The maximum atomic E-state index is 12.9. The first-order valence-electron chi connectivity index (χ1n) is 8.47. The second-order valence-corrected chi connectivity index (χ2v) is 6.23. The smallest absolute Gasteiger partial charge is 0.323 e. The lowest BCUT2D eigenvalue weighted by atomic mass is 10.1. The Kier molecular flexibility index (Phi) is 5.49. The number of carboxylic acid groups (broad SMARTS) is 1. The molecule has 1 aliphatic heterocycles. The van der Waals surface area contributed by atoms with E-state index in [1.807, 2.05) is 18.2 Å². The number of nitrogens with zero attached hydrogens (tertiary/aromatic N) is 1. The minimum atomic E-state index is -1.09. The summed E-state index contributed by atoms with van der Waals surface area (Å²) >= 11 is 0. The maximum absolute atomic E-state index is 12.9. The van der Waals surface area contributed by atoms with Crippen LogP contribution in [-0.4, -0.2) is 48.8 Å². The van der Waals surface area contributed by atoms with Gasteiger partial charge in [0.1, 0.15) is 23.8 Å². The van der Waals surface area contributed by atoms with Crippen LogP contribution in [0.2, 0.25) is 0 Å². The molecule has 0 aromatic heterocycles. The molecule has 3 rings (SSSR count). The van der Waals surface area contributed by atoms with Crippen LogP contribution in [0.1, 0.15) is 11.1 Å². The summed E-state index contributed by atoms with van der Waals surface area (Å²) in [5.74, 6) is 0.339. The van der Waals surface area contributed by atoms with Gasteiger partial charge < -0.3 is 24.2 Å². The number of para-hydroxylation sites is 1. The van der Waals surface area contributed by atoms with E-state index in [2.05, 4.69) is 0 Å². The van der Waals surface area contributed by atoms with Crippen molar-refractivity contribution in [2.75, 3.05) is 20.8 Å². The van der Waals surface area contributed by atoms with E-state index in [-0.39, 0.29) is 12.5 Å². The molecule has 0 spiro atoms. The summed E-state index contributed by atoms with van der Waals surface area (Å²) < 4.78 is 16.2. The molecular formula is C20H21NO6. The summed E-state index contributed by atoms with van der Waals surface area (Å²) in [4.78, 5) is 25.5. The SMILES string of the molecule is COc1cc(CN(CC(=O)O)C(=O)C2Cc3ccccc3O2)cc(OC)c1. The van der Waals surface area contributed by atoms with Crippen LogP contribution >= 0.6 is 0 Å². The molecule has 1 amide bonds. The van der Waals surface area contributed by atoms with Gasteiger partial charge >= 0.3 is 5.97 Å². The second kappa shape index (κ2) is 7.99. The fourth-order valence-corrected chi connectivity index (χ4v) is 3.08. The molecule has 1 atom stereocenters. The van der Waals surface area contributed by atoms with Crippen LogP contribution < -0.4 is 14.2 Å². The normalized spacial score (nSPS) is 14.8. The number of carboxylic acids is 1. The molecule has 27 heavy (non-hydrogen) atoms. The Labute approximate surface area is 157 Å². The second-order valence-electron chi connectivity index (χ2n) is 6.23. The summed E-state index contributed by atoms with van der Waals surface area (Å²) in [5.41, 5.74) is 1.64. The average molecular weight is 371 g/mol. The van der Waals surface area contributed by atoms with Gasteiger partial charge in [-0.25, -0.2) is 0 Å². The maximum Gasteiger partial charge on any atom is 0.323 e. The quantitative estimate of drug-likeness (QED) is 0.802. The van der Waals surface area contributed by atoms with Gasteiger partial charge in [0.2, 0.25) is 0 Å². The zero-order chi connectivity index (χ0) is 19.4. The van der Waals surface area contributed by atoms with Crippen LogP contribution in [0.25, 0.3) is 0 Å². The first-order chi connectivity index (χ1) is 13.0. The standard InChI is InChI=1S/C20H21NO6/c1-25-15-7-13(8-16(10-15)26-2)11-21(12-19(22)23)20(24)18-9-14-5-3-4-6-17(14)27-18/h3-8,10,18H,9,11-12H2,1-2H3,(H,22,23). The predicted octanol–water partition coefficient (Wildman–Crippen LogP) is 2.12. The molecular weight excluding hydrogens is 350 g/mol. The van der Waals surface area contributed by atoms with E-state index in [4.69, 9.17) is 14.2 Å². The Morgan fingerprint density at radius 3 is 2.41 bits per heavy atom. The largest absolute Gasteiger partial charge is 0.497 e. The molecule has 0 radical (unpaired) electrons. The van der Waals surface area contributed by atoms with Crippen LogP contribution in [0.3, 0.4) is 0 Å². The number of fused-ring (bicyclic) bond motifs is 1. The van der Waals surface area contributed by atoms with E-state index in [9.17, 15) is 14.7 Å². The van der Waals surface area contributed by atoms with Crippen molar-refractivity contribution in [2.45, 2.75) is 19.1 Å². The molecule has 1 N–H and O–H groups in total. The number of ether oxygens (including phenoxy) is 3. The predicted molar refractivity (Wildman–Crippen MR) is 97.2 cm³/mol. The number of hydrogen-bond donors (Lipinski definition) is 1. The van der Waals surface area contributed by atoms with Gasteiger partial charge in [0.15, 0.2) is 6.10 Å². The third-order valence-electron chi connectivity index (χ3n) is 4.35. The fourth-order valence-electron chi connectivity index (χ4n) is 3.08. The molecule has 2 aromatic rings. The van der Waals surface area contributed by atoms with Crippen LogP contribution in [0.5, 0.6) is 17.2 Å². The third kappa shape index (κ3) is 4.31. The van der Waals surface area contributed by atoms with E-state index in [0.717, 1.165) is 5.56 Å². The Morgan fingerprint density at radius 2 is 1.81 bits per heavy atom. The van der Waals surface area contributed by atoms with Crippen molar-refractivity contribution in [2.24, 2.45) is 0 Å². The molecule has 1 heterocycles. The van der Waals surface area contributed by atoms with Crippen LogP contribution in [-0.2, 0) is 22.6 Å². The first-order valence-corrected chi connectivity index (χ1v) is 8.47. The molecule has 2 aromatic carbocycles. The summed E-state index contributed by atoms with van der Waals surface area (Å²) in [7, 11) is 3.06. The topological polar surface area (TPSA) is 85.3 Å². The molecule has 1 unspecified atom stereocenters. The molecule has 142 valence electrons. The summed E-state index contributed by atoms with van der Waals surface area (Å²) in [6, 6.07) is 12.6. The minimum Gasteiger partial charge on any atom is -0.497 e. The fraction of sp³-hybridized carbons (Fsp3) is 0.300. The molecule has 7 nitrogen and oxygen atoms in total. The van der Waals surface area contributed by atoms with E-state index in [1.54, 1.807) is 24.3 Å². The van der Waals surface area contributed by atoms with E-state index in [0.29, 0.717) is 29.2 Å². The summed E-state index contributed by atoms with van der Waals surface area (Å²) in [6.07, 6.45) is -0.304. The lowest BCUT2D eigenvalue weighted by Gasteiger charge is -2.24. The molecule has 0 bridgehead atoms. The zero-order valence-electron chi connectivity index (χ0n) is 15.2. The van der Waals surface area contributed by atoms with Gasteiger partial charge in [-0.05, 0) is 29.3 Å². The molecule has 0 aliphatic carbocycles. The van der Waals surface area contributed by atoms with Gasteiger partial charge in [-0.1, -0.05) is 18.2 Å². The van der Waals surface area contributed by atoms with Gasteiger partial charge in [-0.15, -0.1) is 0 Å². The highest BCUT2D eigenvalue weighted by molar-refractivity contribution is 5.86. The number of aliphatic carboxylic acids is 1. The summed E-state index contributed by atoms with van der Waals surface area (Å²) in [6.45, 7) is -0.316. The van der Waals surface area contributed by atoms with E-state index in [1.165, 1.54) is 19.1 Å². The highest BCUT2D eigenvalue weighted by atomic mass is 16.5. The zero-order valence-corrected chi connectivity index (χ0v) is 15.2. The number of amides is 1. The number of hydrogen-bond acceptors (Lipinski definition) is 5. The van der Waals surface area contributed by atoms with Crippen LogP contribution in [0, 0.1) is 0 Å². The van der Waals surface area contributed by atoms with Crippen LogP contribution in [0.15, 0.2) is 42.5 Å². The highest BCUT2D eigenvalue weighted by Gasteiger charge is 2.33. The van der Waals surface area contributed by atoms with Crippen molar-refractivity contribution in [3.8, 4) is 17.2 Å². The third-order valence-corrected chi connectivity index (χ3v) is 4.35. The average Bonchev–Trinajstić information content (AvgIpc) is 3.10.